The highest BCUT2D eigenvalue weighted by Gasteiger charge is 2.05. The minimum Gasteiger partial charge on any atom is -0.497 e. The first-order valence-corrected chi connectivity index (χ1v) is 6.60. The summed E-state index contributed by atoms with van der Waals surface area (Å²) in [7, 11) is 1.68. The number of hydrogen-bond acceptors (Lipinski definition) is 3. The fraction of sp³-hybridized carbons (Fsp3) is 0.538. The van der Waals surface area contributed by atoms with Crippen molar-refractivity contribution in [1.29, 1.82) is 0 Å². The van der Waals surface area contributed by atoms with Crippen molar-refractivity contribution in [3.63, 3.8) is 0 Å². The van der Waals surface area contributed by atoms with Gasteiger partial charge in [0.25, 0.3) is 0 Å². The van der Waals surface area contributed by atoms with Crippen molar-refractivity contribution in [3.05, 3.63) is 28.2 Å². The molecule has 1 unspecified atom stereocenters. The maximum absolute atomic E-state index is 5.36. The number of methoxy groups -OCH3 is 1. The standard InChI is InChI=1S/C13H20BrNO2/c1-4-17-9-10(2)15-8-11-7-12(16-3)5-6-13(11)14/h5-7,10,15H,4,8-9H2,1-3H3. The molecule has 4 heteroatoms. The van der Waals surface area contributed by atoms with Crippen LogP contribution in [-0.2, 0) is 11.3 Å². The normalized spacial score (nSPS) is 12.5. The lowest BCUT2D eigenvalue weighted by Gasteiger charge is -2.14. The Morgan fingerprint density at radius 3 is 2.82 bits per heavy atom. The van der Waals surface area contributed by atoms with Gasteiger partial charge in [-0.05, 0) is 37.6 Å². The molecule has 0 heterocycles. The van der Waals surface area contributed by atoms with E-state index in [2.05, 4.69) is 28.2 Å². The molecule has 1 rings (SSSR count). The predicted octanol–water partition coefficient (Wildman–Crippen LogP) is 2.97. The SMILES string of the molecule is CCOCC(C)NCc1cc(OC)ccc1Br. The topological polar surface area (TPSA) is 30.5 Å². The van der Waals surface area contributed by atoms with Gasteiger partial charge in [0.2, 0.25) is 0 Å². The number of halogens is 1. The van der Waals surface area contributed by atoms with Crippen LogP contribution in [0.5, 0.6) is 5.75 Å². The first kappa shape index (κ1) is 14.5. The fourth-order valence-electron chi connectivity index (χ4n) is 1.45. The lowest BCUT2D eigenvalue weighted by molar-refractivity contribution is 0.127. The molecule has 1 aromatic carbocycles. The summed E-state index contributed by atoms with van der Waals surface area (Å²) in [4.78, 5) is 0. The van der Waals surface area contributed by atoms with Crippen molar-refractivity contribution < 1.29 is 9.47 Å². The largest absolute Gasteiger partial charge is 0.497 e. The molecular weight excluding hydrogens is 282 g/mol. The number of benzene rings is 1. The van der Waals surface area contributed by atoms with Crippen LogP contribution in [0.3, 0.4) is 0 Å². The summed E-state index contributed by atoms with van der Waals surface area (Å²) < 4.78 is 11.7. The second-order valence-electron chi connectivity index (χ2n) is 3.90. The zero-order valence-corrected chi connectivity index (χ0v) is 12.2. The van der Waals surface area contributed by atoms with Gasteiger partial charge in [0.05, 0.1) is 13.7 Å². The van der Waals surface area contributed by atoms with Crippen LogP contribution < -0.4 is 10.1 Å². The highest BCUT2D eigenvalue weighted by atomic mass is 79.9. The molecule has 0 aromatic heterocycles. The molecule has 0 saturated heterocycles. The van der Waals surface area contributed by atoms with E-state index >= 15 is 0 Å². The quantitative estimate of drug-likeness (QED) is 0.840. The van der Waals surface area contributed by atoms with Crippen LogP contribution >= 0.6 is 15.9 Å². The first-order valence-electron chi connectivity index (χ1n) is 5.81. The van der Waals surface area contributed by atoms with E-state index in [1.54, 1.807) is 7.11 Å². The van der Waals surface area contributed by atoms with Crippen LogP contribution in [0.2, 0.25) is 0 Å². The average molecular weight is 302 g/mol. The Hall–Kier alpha value is -0.580. The van der Waals surface area contributed by atoms with E-state index in [0.717, 1.165) is 30.0 Å². The highest BCUT2D eigenvalue weighted by molar-refractivity contribution is 9.10. The van der Waals surface area contributed by atoms with Crippen molar-refractivity contribution in [2.45, 2.75) is 26.4 Å². The van der Waals surface area contributed by atoms with E-state index in [1.165, 1.54) is 5.56 Å². The molecule has 0 saturated carbocycles. The van der Waals surface area contributed by atoms with Gasteiger partial charge in [-0.1, -0.05) is 15.9 Å². The van der Waals surface area contributed by atoms with Crippen molar-refractivity contribution in [2.75, 3.05) is 20.3 Å². The van der Waals surface area contributed by atoms with Crippen molar-refractivity contribution >= 4 is 15.9 Å². The molecule has 0 bridgehead atoms. The number of rotatable bonds is 7. The number of ether oxygens (including phenoxy) is 2. The number of nitrogens with one attached hydrogen (secondary N) is 1. The van der Waals surface area contributed by atoms with Crippen LogP contribution in [0, 0.1) is 0 Å². The molecule has 1 N–H and O–H groups in total. The molecule has 0 radical (unpaired) electrons. The molecule has 3 nitrogen and oxygen atoms in total. The van der Waals surface area contributed by atoms with E-state index in [4.69, 9.17) is 9.47 Å². The van der Waals surface area contributed by atoms with Crippen molar-refractivity contribution in [1.82, 2.24) is 5.32 Å². The Bertz CT molecular complexity index is 344. The molecule has 1 aromatic rings. The summed E-state index contributed by atoms with van der Waals surface area (Å²) in [5.74, 6) is 0.877. The minimum atomic E-state index is 0.341. The van der Waals surface area contributed by atoms with Gasteiger partial charge < -0.3 is 14.8 Å². The van der Waals surface area contributed by atoms with E-state index < -0.39 is 0 Å². The molecule has 17 heavy (non-hydrogen) atoms. The van der Waals surface area contributed by atoms with Gasteiger partial charge in [-0.2, -0.15) is 0 Å². The minimum absolute atomic E-state index is 0.341. The summed E-state index contributed by atoms with van der Waals surface area (Å²) in [6.07, 6.45) is 0. The van der Waals surface area contributed by atoms with Crippen LogP contribution in [0.4, 0.5) is 0 Å². The van der Waals surface area contributed by atoms with Gasteiger partial charge in [-0.25, -0.2) is 0 Å². The molecule has 0 amide bonds. The Kier molecular flexibility index (Phi) is 6.55. The maximum atomic E-state index is 5.36. The third-order valence-electron chi connectivity index (χ3n) is 2.47. The highest BCUT2D eigenvalue weighted by Crippen LogP contribution is 2.22. The summed E-state index contributed by atoms with van der Waals surface area (Å²) in [6.45, 7) is 6.41. The van der Waals surface area contributed by atoms with Gasteiger partial charge in [-0.15, -0.1) is 0 Å². The lowest BCUT2D eigenvalue weighted by atomic mass is 10.2. The van der Waals surface area contributed by atoms with E-state index in [9.17, 15) is 0 Å². The van der Waals surface area contributed by atoms with Gasteiger partial charge in [0.15, 0.2) is 0 Å². The average Bonchev–Trinajstić information content (AvgIpc) is 2.35. The third-order valence-corrected chi connectivity index (χ3v) is 3.24. The van der Waals surface area contributed by atoms with Gasteiger partial charge >= 0.3 is 0 Å². The molecule has 0 spiro atoms. The monoisotopic (exact) mass is 301 g/mol. The maximum Gasteiger partial charge on any atom is 0.119 e. The molecule has 96 valence electrons. The van der Waals surface area contributed by atoms with Crippen molar-refractivity contribution in [2.24, 2.45) is 0 Å². The van der Waals surface area contributed by atoms with E-state index in [0.29, 0.717) is 6.04 Å². The Balaban J connectivity index is 2.50. The Morgan fingerprint density at radius 2 is 2.18 bits per heavy atom. The molecule has 0 fully saturated rings. The molecule has 0 aliphatic rings. The smallest absolute Gasteiger partial charge is 0.119 e. The fourth-order valence-corrected chi connectivity index (χ4v) is 1.84. The predicted molar refractivity (Wildman–Crippen MR) is 73.5 cm³/mol. The van der Waals surface area contributed by atoms with Gasteiger partial charge in [0.1, 0.15) is 5.75 Å². The molecular formula is C13H20BrNO2. The Labute approximate surface area is 112 Å². The second kappa shape index (κ2) is 7.69. The van der Waals surface area contributed by atoms with Crippen LogP contribution in [0.1, 0.15) is 19.4 Å². The van der Waals surface area contributed by atoms with Crippen LogP contribution in [0.15, 0.2) is 22.7 Å². The molecule has 1 atom stereocenters. The molecule has 0 aliphatic heterocycles. The van der Waals surface area contributed by atoms with E-state index in [-0.39, 0.29) is 0 Å². The summed E-state index contributed by atoms with van der Waals surface area (Å²) >= 11 is 3.54. The summed E-state index contributed by atoms with van der Waals surface area (Å²) in [5.41, 5.74) is 1.19. The van der Waals surface area contributed by atoms with Gasteiger partial charge in [0, 0.05) is 23.7 Å². The molecule has 0 aliphatic carbocycles. The third kappa shape index (κ3) is 5.06. The summed E-state index contributed by atoms with van der Waals surface area (Å²) in [6, 6.07) is 6.32. The zero-order chi connectivity index (χ0) is 12.7. The number of hydrogen-bond donors (Lipinski definition) is 1. The lowest BCUT2D eigenvalue weighted by Crippen LogP contribution is -2.30. The van der Waals surface area contributed by atoms with E-state index in [1.807, 2.05) is 25.1 Å². The Morgan fingerprint density at radius 1 is 1.41 bits per heavy atom. The summed E-state index contributed by atoms with van der Waals surface area (Å²) in [5, 5.41) is 3.42. The zero-order valence-electron chi connectivity index (χ0n) is 10.6. The van der Waals surface area contributed by atoms with Gasteiger partial charge in [-0.3, -0.25) is 0 Å². The van der Waals surface area contributed by atoms with Crippen molar-refractivity contribution in [3.8, 4) is 5.75 Å². The second-order valence-corrected chi connectivity index (χ2v) is 4.75. The van der Waals surface area contributed by atoms with Crippen LogP contribution in [0.25, 0.3) is 0 Å². The first-order chi connectivity index (χ1) is 8.17. The van der Waals surface area contributed by atoms with Crippen LogP contribution in [-0.4, -0.2) is 26.4 Å².